The van der Waals surface area contributed by atoms with Crippen LogP contribution in [0.3, 0.4) is 0 Å². The summed E-state index contributed by atoms with van der Waals surface area (Å²) in [5, 5.41) is 9.30. The molecule has 0 aliphatic heterocycles. The van der Waals surface area contributed by atoms with E-state index in [0.29, 0.717) is 5.56 Å². The van der Waals surface area contributed by atoms with Crippen molar-refractivity contribution in [2.75, 3.05) is 19.8 Å². The van der Waals surface area contributed by atoms with Crippen LogP contribution in [0.1, 0.15) is 5.56 Å². The van der Waals surface area contributed by atoms with E-state index in [1.165, 1.54) is 26.2 Å². The third kappa shape index (κ3) is 2.05. The predicted molar refractivity (Wildman–Crippen MR) is 58.1 cm³/mol. The summed E-state index contributed by atoms with van der Waals surface area (Å²) in [4.78, 5) is 0.114. The fourth-order valence-electron chi connectivity index (χ4n) is 1.16. The summed E-state index contributed by atoms with van der Waals surface area (Å²) in [6.45, 7) is 1.61. The third-order valence-corrected chi connectivity index (χ3v) is 4.04. The summed E-state index contributed by atoms with van der Waals surface area (Å²) in [7, 11) is -0.620. The van der Waals surface area contributed by atoms with Gasteiger partial charge in [0.2, 0.25) is 10.0 Å². The van der Waals surface area contributed by atoms with E-state index < -0.39 is 10.0 Å². The SMILES string of the molecule is Cc1cc(O)c(N)cc1S(=O)(=O)N(C)C. The molecule has 0 spiro atoms. The first-order valence-electron chi connectivity index (χ1n) is 4.28. The average Bonchev–Trinajstić information content (AvgIpc) is 2.10. The van der Waals surface area contributed by atoms with E-state index in [2.05, 4.69) is 0 Å². The Morgan fingerprint density at radius 1 is 1.33 bits per heavy atom. The first-order valence-corrected chi connectivity index (χ1v) is 5.72. The molecule has 0 heterocycles. The van der Waals surface area contributed by atoms with Crippen LogP contribution in [0, 0.1) is 6.92 Å². The zero-order chi connectivity index (χ0) is 11.8. The van der Waals surface area contributed by atoms with Crippen LogP contribution >= 0.6 is 0 Å². The van der Waals surface area contributed by atoms with Gasteiger partial charge in [0.25, 0.3) is 0 Å². The second-order valence-electron chi connectivity index (χ2n) is 3.46. The van der Waals surface area contributed by atoms with Gasteiger partial charge in [0.1, 0.15) is 5.75 Å². The van der Waals surface area contributed by atoms with Crippen molar-refractivity contribution in [2.45, 2.75) is 11.8 Å². The van der Waals surface area contributed by atoms with Gasteiger partial charge in [0.15, 0.2) is 0 Å². The van der Waals surface area contributed by atoms with E-state index in [9.17, 15) is 13.5 Å². The quantitative estimate of drug-likeness (QED) is 0.573. The highest BCUT2D eigenvalue weighted by molar-refractivity contribution is 7.89. The summed E-state index contributed by atoms with van der Waals surface area (Å²) in [5.41, 5.74) is 5.98. The first kappa shape index (κ1) is 11.8. The number of hydrogen-bond donors (Lipinski definition) is 2. The number of nitrogen functional groups attached to an aromatic ring is 1. The molecule has 5 nitrogen and oxygen atoms in total. The zero-order valence-corrected chi connectivity index (χ0v) is 9.67. The zero-order valence-electron chi connectivity index (χ0n) is 8.85. The van der Waals surface area contributed by atoms with Crippen LogP contribution in [-0.4, -0.2) is 31.9 Å². The van der Waals surface area contributed by atoms with Crippen molar-refractivity contribution < 1.29 is 13.5 Å². The maximum Gasteiger partial charge on any atom is 0.242 e. The number of nitrogens with two attached hydrogens (primary N) is 1. The molecule has 1 aromatic rings. The number of rotatable bonds is 2. The monoisotopic (exact) mass is 230 g/mol. The van der Waals surface area contributed by atoms with E-state index in [1.54, 1.807) is 6.92 Å². The number of sulfonamides is 1. The molecule has 0 aliphatic rings. The van der Waals surface area contributed by atoms with Crippen molar-refractivity contribution >= 4 is 15.7 Å². The predicted octanol–water partition coefficient (Wildman–Crippen LogP) is 0.533. The van der Waals surface area contributed by atoms with Gasteiger partial charge in [-0.15, -0.1) is 0 Å². The van der Waals surface area contributed by atoms with Crippen molar-refractivity contribution in [1.29, 1.82) is 0 Å². The molecular weight excluding hydrogens is 216 g/mol. The minimum absolute atomic E-state index is 0.0565. The molecule has 0 atom stereocenters. The Morgan fingerprint density at radius 2 is 1.87 bits per heavy atom. The van der Waals surface area contributed by atoms with E-state index in [4.69, 9.17) is 5.73 Å². The molecule has 0 radical (unpaired) electrons. The molecule has 1 aromatic carbocycles. The highest BCUT2D eigenvalue weighted by atomic mass is 32.2. The fraction of sp³-hybridized carbons (Fsp3) is 0.333. The molecule has 15 heavy (non-hydrogen) atoms. The number of anilines is 1. The third-order valence-electron chi connectivity index (χ3n) is 2.08. The van der Waals surface area contributed by atoms with Gasteiger partial charge in [0, 0.05) is 14.1 Å². The van der Waals surface area contributed by atoms with Crippen LogP contribution in [0.15, 0.2) is 17.0 Å². The minimum atomic E-state index is -3.50. The molecule has 0 fully saturated rings. The number of phenols is 1. The molecule has 0 aliphatic carbocycles. The molecule has 0 bridgehead atoms. The molecule has 3 N–H and O–H groups in total. The van der Waals surface area contributed by atoms with Crippen LogP contribution in [0.2, 0.25) is 0 Å². The number of aryl methyl sites for hydroxylation is 1. The molecular formula is C9H14N2O3S. The molecule has 6 heteroatoms. The van der Waals surface area contributed by atoms with Crippen molar-refractivity contribution in [2.24, 2.45) is 0 Å². The maximum absolute atomic E-state index is 11.8. The maximum atomic E-state index is 11.8. The van der Waals surface area contributed by atoms with Gasteiger partial charge in [-0.3, -0.25) is 0 Å². The number of hydrogen-bond acceptors (Lipinski definition) is 4. The van der Waals surface area contributed by atoms with Crippen LogP contribution in [0.4, 0.5) is 5.69 Å². The van der Waals surface area contributed by atoms with Gasteiger partial charge >= 0.3 is 0 Å². The lowest BCUT2D eigenvalue weighted by molar-refractivity contribution is 0.476. The lowest BCUT2D eigenvalue weighted by atomic mass is 10.2. The Balaban J connectivity index is 3.46. The second-order valence-corrected chi connectivity index (χ2v) is 5.58. The average molecular weight is 230 g/mol. The van der Waals surface area contributed by atoms with Crippen molar-refractivity contribution in [3.05, 3.63) is 17.7 Å². The number of nitrogens with zero attached hydrogens (tertiary/aromatic N) is 1. The molecule has 0 unspecified atom stereocenters. The van der Waals surface area contributed by atoms with E-state index in [-0.39, 0.29) is 16.3 Å². The Kier molecular flexibility index (Phi) is 2.92. The van der Waals surface area contributed by atoms with Gasteiger partial charge in [0.05, 0.1) is 10.6 Å². The molecule has 0 amide bonds. The summed E-state index contributed by atoms with van der Waals surface area (Å²) >= 11 is 0. The summed E-state index contributed by atoms with van der Waals surface area (Å²) in [5.74, 6) is -0.106. The Morgan fingerprint density at radius 3 is 2.33 bits per heavy atom. The van der Waals surface area contributed by atoms with Gasteiger partial charge in [-0.05, 0) is 24.6 Å². The largest absolute Gasteiger partial charge is 0.506 e. The van der Waals surface area contributed by atoms with Gasteiger partial charge < -0.3 is 10.8 Å². The molecule has 0 saturated heterocycles. The van der Waals surface area contributed by atoms with Crippen molar-refractivity contribution in [3.8, 4) is 5.75 Å². The Hall–Kier alpha value is -1.27. The van der Waals surface area contributed by atoms with Crippen LogP contribution in [0.5, 0.6) is 5.75 Å². The van der Waals surface area contributed by atoms with Crippen molar-refractivity contribution in [1.82, 2.24) is 4.31 Å². The minimum Gasteiger partial charge on any atom is -0.506 e. The fourth-order valence-corrected chi connectivity index (χ4v) is 2.30. The Bertz CT molecular complexity index is 480. The lowest BCUT2D eigenvalue weighted by Gasteiger charge is -2.14. The molecule has 0 aromatic heterocycles. The standard InChI is InChI=1S/C9H14N2O3S/c1-6-4-8(12)7(10)5-9(6)15(13,14)11(2)3/h4-5,12H,10H2,1-3H3. The lowest BCUT2D eigenvalue weighted by Crippen LogP contribution is -2.23. The van der Waals surface area contributed by atoms with E-state index in [1.807, 2.05) is 0 Å². The number of phenolic OH excluding ortho intramolecular Hbond substituents is 1. The topological polar surface area (TPSA) is 83.6 Å². The van der Waals surface area contributed by atoms with Gasteiger partial charge in [-0.25, -0.2) is 12.7 Å². The van der Waals surface area contributed by atoms with Gasteiger partial charge in [-0.2, -0.15) is 0 Å². The second kappa shape index (κ2) is 3.71. The molecule has 0 saturated carbocycles. The molecule has 84 valence electrons. The Labute approximate surface area is 89.2 Å². The van der Waals surface area contributed by atoms with E-state index >= 15 is 0 Å². The smallest absolute Gasteiger partial charge is 0.242 e. The highest BCUT2D eigenvalue weighted by Gasteiger charge is 2.20. The van der Waals surface area contributed by atoms with Crippen LogP contribution in [-0.2, 0) is 10.0 Å². The number of benzene rings is 1. The first-order chi connectivity index (χ1) is 6.76. The normalized spacial score (nSPS) is 12.0. The molecule has 1 rings (SSSR count). The van der Waals surface area contributed by atoms with E-state index in [0.717, 1.165) is 4.31 Å². The summed E-state index contributed by atoms with van der Waals surface area (Å²) < 4.78 is 24.7. The highest BCUT2D eigenvalue weighted by Crippen LogP contribution is 2.28. The van der Waals surface area contributed by atoms with Crippen LogP contribution in [0.25, 0.3) is 0 Å². The summed E-state index contributed by atoms with van der Waals surface area (Å²) in [6.07, 6.45) is 0. The number of aromatic hydroxyl groups is 1. The van der Waals surface area contributed by atoms with Crippen LogP contribution < -0.4 is 5.73 Å². The van der Waals surface area contributed by atoms with Gasteiger partial charge in [-0.1, -0.05) is 0 Å². The summed E-state index contributed by atoms with van der Waals surface area (Å²) in [6, 6.07) is 2.60. The van der Waals surface area contributed by atoms with Crippen molar-refractivity contribution in [3.63, 3.8) is 0 Å².